The first-order valence-electron chi connectivity index (χ1n) is 24.4. The lowest BCUT2D eigenvalue weighted by Gasteiger charge is -2.31. The highest BCUT2D eigenvalue weighted by atomic mass is 16.4. The molecule has 1 amide bonds. The third-order valence-corrected chi connectivity index (χ3v) is 13.5. The molecule has 0 saturated carbocycles. The van der Waals surface area contributed by atoms with Gasteiger partial charge in [-0.05, 0) is 134 Å². The molecule has 2 aliphatic heterocycles. The number of anilines is 4. The molecule has 2 saturated heterocycles. The molecule has 17 heteroatoms. The number of hydrogen-bond donors (Lipinski definition) is 5. The molecular formula is C54H60N12O5. The lowest BCUT2D eigenvalue weighted by molar-refractivity contribution is -0.138. The van der Waals surface area contributed by atoms with Gasteiger partial charge < -0.3 is 35.5 Å². The second-order valence-electron chi connectivity index (χ2n) is 18.9. The minimum absolute atomic E-state index is 0.150. The number of carbonyl (C=O) groups is 2. The van der Waals surface area contributed by atoms with Crippen LogP contribution in [0.5, 0.6) is 0 Å². The molecule has 8 heterocycles. The van der Waals surface area contributed by atoms with Crippen LogP contribution < -0.4 is 21.8 Å². The maximum atomic E-state index is 12.7. The molecule has 366 valence electrons. The van der Waals surface area contributed by atoms with Crippen LogP contribution in [0.25, 0.3) is 44.1 Å². The number of pyridine rings is 4. The molecule has 10 rings (SSSR count). The van der Waals surface area contributed by atoms with E-state index in [4.69, 9.17) is 15.1 Å². The van der Waals surface area contributed by atoms with E-state index in [1.165, 1.54) is 28.7 Å². The average molecular weight is 957 g/mol. The van der Waals surface area contributed by atoms with Crippen molar-refractivity contribution < 1.29 is 14.7 Å². The Morgan fingerprint density at radius 2 is 1.15 bits per heavy atom. The molecule has 0 bridgehead atoms. The van der Waals surface area contributed by atoms with Crippen LogP contribution in [0, 0.1) is 5.92 Å². The number of H-pyrrole nitrogens is 2. The molecule has 6 aromatic heterocycles. The zero-order valence-electron chi connectivity index (χ0n) is 40.6. The summed E-state index contributed by atoms with van der Waals surface area (Å²) in [6.07, 6.45) is 14.6. The van der Waals surface area contributed by atoms with Gasteiger partial charge >= 0.3 is 5.97 Å². The highest BCUT2D eigenvalue weighted by Crippen LogP contribution is 2.33. The highest BCUT2D eigenvalue weighted by Gasteiger charge is 2.23. The number of carboxylic acid groups (broad SMARTS) is 1. The lowest BCUT2D eigenvalue weighted by atomic mass is 9.89. The summed E-state index contributed by atoms with van der Waals surface area (Å²) in [6.45, 7) is 13.7. The van der Waals surface area contributed by atoms with Crippen LogP contribution in [0.1, 0.15) is 76.3 Å². The zero-order chi connectivity index (χ0) is 49.6. The molecule has 2 fully saturated rings. The number of fused-ring (bicyclic) bond motifs is 2. The van der Waals surface area contributed by atoms with Gasteiger partial charge in [-0.2, -0.15) is 10.2 Å². The molecule has 0 spiro atoms. The standard InChI is InChI=1S/C28H32N6O2.C26H28N6O3/c1-18(2)16-34-17-23(15-30-34)25-14-22-8-11-29-28(36)26(22)27(32-25)31-24-6-4-20(5-7-24)21-9-12-33(13-10-21)19(3)35;1-2-31-11-8-18(9-12-31)17-3-5-21(6-4-17)29-25-24-19(7-10-27-26(24)35)13-22(30-25)20-14-28-32(15-20)16-23(33)34/h4-8,11,14-15,17-18,21H,9-10,12-13,16H2,1-3H3,(H,29,36)(H,31,32);3-7,10,13-15,18H,2,8-9,11-12,16H2,1H3,(H,27,35)(H,29,30)(H,33,34). The zero-order valence-corrected chi connectivity index (χ0v) is 40.6. The number of carboxylic acids is 1. The van der Waals surface area contributed by atoms with E-state index in [1.54, 1.807) is 31.7 Å². The molecule has 0 atom stereocenters. The Labute approximate surface area is 411 Å². The minimum atomic E-state index is -0.973. The van der Waals surface area contributed by atoms with E-state index in [0.29, 0.717) is 51.4 Å². The van der Waals surface area contributed by atoms with Gasteiger partial charge in [-0.15, -0.1) is 0 Å². The predicted molar refractivity (Wildman–Crippen MR) is 277 cm³/mol. The van der Waals surface area contributed by atoms with Gasteiger partial charge in [-0.25, -0.2) is 9.97 Å². The van der Waals surface area contributed by atoms with E-state index in [2.05, 4.69) is 80.7 Å². The van der Waals surface area contributed by atoms with Gasteiger partial charge in [0.2, 0.25) is 5.91 Å². The number of aromatic amines is 2. The first-order valence-corrected chi connectivity index (χ1v) is 24.4. The Balaban J connectivity index is 0.000000176. The normalized spacial score (nSPS) is 14.7. The average Bonchev–Trinajstić information content (AvgIpc) is 4.04. The van der Waals surface area contributed by atoms with Gasteiger partial charge in [0.05, 0.1) is 34.6 Å². The summed E-state index contributed by atoms with van der Waals surface area (Å²) in [6, 6.07) is 24.1. The van der Waals surface area contributed by atoms with Crippen molar-refractivity contribution in [2.75, 3.05) is 43.4 Å². The molecule has 17 nitrogen and oxygen atoms in total. The van der Waals surface area contributed by atoms with Gasteiger partial charge in [0.15, 0.2) is 0 Å². The van der Waals surface area contributed by atoms with Gasteiger partial charge in [0.1, 0.15) is 18.2 Å². The second kappa shape index (κ2) is 21.4. The third kappa shape index (κ3) is 11.4. The molecule has 0 aliphatic carbocycles. The topological polar surface area (TPSA) is 212 Å². The summed E-state index contributed by atoms with van der Waals surface area (Å²) in [4.78, 5) is 67.4. The van der Waals surface area contributed by atoms with E-state index < -0.39 is 5.97 Å². The minimum Gasteiger partial charge on any atom is -0.480 e. The van der Waals surface area contributed by atoms with Gasteiger partial charge in [0.25, 0.3) is 11.1 Å². The number of benzene rings is 2. The monoisotopic (exact) mass is 956 g/mol. The van der Waals surface area contributed by atoms with E-state index in [1.807, 2.05) is 70.5 Å². The van der Waals surface area contributed by atoms with E-state index in [-0.39, 0.29) is 23.6 Å². The van der Waals surface area contributed by atoms with Crippen molar-refractivity contribution in [3.8, 4) is 22.5 Å². The van der Waals surface area contributed by atoms with Crippen molar-refractivity contribution >= 4 is 56.4 Å². The number of hydrogen-bond acceptors (Lipinski definition) is 11. The van der Waals surface area contributed by atoms with Crippen LogP contribution in [0.4, 0.5) is 23.0 Å². The maximum Gasteiger partial charge on any atom is 0.325 e. The SMILES string of the molecule is CC(=O)N1CCC(c2ccc(Nc3nc(-c4cnn(CC(C)C)c4)cc4cc[nH]c(=O)c34)cc2)CC1.CCN1CCC(c2ccc(Nc3nc(-c4cnn(CC(=O)O)c4)cc4cc[nH]c(=O)c34)cc2)CC1. The Kier molecular flexibility index (Phi) is 14.5. The summed E-state index contributed by atoms with van der Waals surface area (Å²) in [5.74, 6) is 1.64. The second-order valence-corrected chi connectivity index (χ2v) is 18.9. The van der Waals surface area contributed by atoms with E-state index in [9.17, 15) is 19.2 Å². The number of carbonyl (C=O) groups excluding carboxylic acids is 1. The first kappa shape index (κ1) is 48.1. The van der Waals surface area contributed by atoms with Crippen molar-refractivity contribution in [1.82, 2.24) is 49.3 Å². The summed E-state index contributed by atoms with van der Waals surface area (Å²) in [7, 11) is 0. The van der Waals surface area contributed by atoms with Crippen LogP contribution in [0.15, 0.2) is 120 Å². The number of amides is 1. The number of nitrogens with zero attached hydrogens (tertiary/aromatic N) is 8. The van der Waals surface area contributed by atoms with Crippen LogP contribution >= 0.6 is 0 Å². The summed E-state index contributed by atoms with van der Waals surface area (Å²) in [5, 5.41) is 26.9. The number of likely N-dealkylation sites (tertiary alicyclic amines) is 2. The molecule has 2 aromatic carbocycles. The summed E-state index contributed by atoms with van der Waals surface area (Å²) >= 11 is 0. The Morgan fingerprint density at radius 1 is 0.690 bits per heavy atom. The Morgan fingerprint density at radius 3 is 1.61 bits per heavy atom. The number of rotatable bonds is 13. The van der Waals surface area contributed by atoms with Gasteiger partial charge in [0, 0.05) is 73.8 Å². The fourth-order valence-corrected chi connectivity index (χ4v) is 9.66. The number of aromatic nitrogens is 8. The highest BCUT2D eigenvalue weighted by molar-refractivity contribution is 5.96. The Hall–Kier alpha value is -7.92. The maximum absolute atomic E-state index is 12.7. The number of nitrogens with one attached hydrogen (secondary N) is 4. The fourth-order valence-electron chi connectivity index (χ4n) is 9.66. The quantitative estimate of drug-likeness (QED) is 0.0735. The van der Waals surface area contributed by atoms with E-state index >= 15 is 0 Å². The van der Waals surface area contributed by atoms with Crippen molar-refractivity contribution in [1.29, 1.82) is 0 Å². The largest absolute Gasteiger partial charge is 0.480 e. The number of aliphatic carboxylic acids is 1. The van der Waals surface area contributed by atoms with Crippen molar-refractivity contribution in [2.24, 2.45) is 5.92 Å². The molecule has 2 aliphatic rings. The van der Waals surface area contributed by atoms with Crippen molar-refractivity contribution in [2.45, 2.75) is 78.3 Å². The van der Waals surface area contributed by atoms with Crippen LogP contribution in [0.2, 0.25) is 0 Å². The third-order valence-electron chi connectivity index (χ3n) is 13.5. The van der Waals surface area contributed by atoms with E-state index in [0.717, 1.165) is 85.5 Å². The van der Waals surface area contributed by atoms with Crippen LogP contribution in [-0.2, 0) is 22.7 Å². The van der Waals surface area contributed by atoms with Crippen LogP contribution in [0.3, 0.4) is 0 Å². The number of piperidine rings is 2. The van der Waals surface area contributed by atoms with Crippen molar-refractivity contribution in [3.63, 3.8) is 0 Å². The van der Waals surface area contributed by atoms with Gasteiger partial charge in [-0.1, -0.05) is 45.0 Å². The summed E-state index contributed by atoms with van der Waals surface area (Å²) in [5.41, 5.74) is 6.84. The predicted octanol–water partition coefficient (Wildman–Crippen LogP) is 8.73. The van der Waals surface area contributed by atoms with Crippen LogP contribution in [-0.4, -0.2) is 99.0 Å². The summed E-state index contributed by atoms with van der Waals surface area (Å²) < 4.78 is 3.27. The molecule has 71 heavy (non-hydrogen) atoms. The van der Waals surface area contributed by atoms with Crippen molar-refractivity contribution in [3.05, 3.63) is 142 Å². The lowest BCUT2D eigenvalue weighted by Crippen LogP contribution is -2.36. The molecule has 0 radical (unpaired) electrons. The molecular weight excluding hydrogens is 897 g/mol. The Bertz CT molecular complexity index is 3270. The molecule has 8 aromatic rings. The van der Waals surface area contributed by atoms with Gasteiger partial charge in [-0.3, -0.25) is 28.5 Å². The fraction of sp³-hybridized carbons (Fsp3) is 0.333. The molecule has 0 unspecified atom stereocenters. The first-order chi connectivity index (χ1) is 34.4. The molecule has 5 N–H and O–H groups in total. The smallest absolute Gasteiger partial charge is 0.325 e.